The molecule has 20 heavy (non-hydrogen) atoms. The summed E-state index contributed by atoms with van der Waals surface area (Å²) in [4.78, 5) is 11.1. The first-order valence-electron chi connectivity index (χ1n) is 6.47. The number of rotatable bonds is 3. The van der Waals surface area contributed by atoms with E-state index in [9.17, 15) is 26.5 Å². The Labute approximate surface area is 119 Å². The topological polar surface area (TPSA) is 132 Å². The smallest absolute Gasteiger partial charge is 0.306 e. The van der Waals surface area contributed by atoms with Crippen molar-refractivity contribution in [1.82, 2.24) is 0 Å². The van der Waals surface area contributed by atoms with Gasteiger partial charge in [0.25, 0.3) is 10.1 Å². The van der Waals surface area contributed by atoms with Gasteiger partial charge in [-0.15, -0.1) is 0 Å². The van der Waals surface area contributed by atoms with Crippen molar-refractivity contribution in [2.75, 3.05) is 0 Å². The van der Waals surface area contributed by atoms with Crippen LogP contribution in [0.1, 0.15) is 32.1 Å². The van der Waals surface area contributed by atoms with Gasteiger partial charge < -0.3 is 9.66 Å². The zero-order valence-corrected chi connectivity index (χ0v) is 12.3. The van der Waals surface area contributed by atoms with Gasteiger partial charge in [-0.2, -0.15) is 8.42 Å². The number of aliphatic carboxylic acids is 1. The lowest BCUT2D eigenvalue weighted by molar-refractivity contribution is -0.144. The Hall–Kier alpha value is -0.510. The van der Waals surface area contributed by atoms with Gasteiger partial charge in [-0.05, 0) is 43.9 Å². The molecule has 7 nitrogen and oxygen atoms in total. The van der Waals surface area contributed by atoms with Crippen molar-refractivity contribution in [1.29, 1.82) is 0 Å². The van der Waals surface area contributed by atoms with E-state index in [-0.39, 0.29) is 18.8 Å². The van der Waals surface area contributed by atoms with Crippen LogP contribution in [0.3, 0.4) is 0 Å². The van der Waals surface area contributed by atoms with Crippen LogP contribution in [-0.4, -0.2) is 43.3 Å². The van der Waals surface area contributed by atoms with Gasteiger partial charge in [-0.3, -0.25) is 13.6 Å². The summed E-state index contributed by atoms with van der Waals surface area (Å²) in [5.41, 5.74) is 0. The predicted molar refractivity (Wildman–Crippen MR) is 69.2 cm³/mol. The lowest BCUT2D eigenvalue weighted by Gasteiger charge is -2.44. The molecule has 2 rings (SSSR count). The highest BCUT2D eigenvalue weighted by atomic mass is 32.2. The number of hydrogen-bond acceptors (Lipinski definition) is 5. The molecule has 2 aliphatic carbocycles. The second-order valence-electron chi connectivity index (χ2n) is 5.68. The maximum Gasteiger partial charge on any atom is 0.306 e. The van der Waals surface area contributed by atoms with Crippen molar-refractivity contribution >= 4 is 27.2 Å². The van der Waals surface area contributed by atoms with Crippen molar-refractivity contribution in [2.45, 2.75) is 42.6 Å². The third-order valence-corrected chi connectivity index (χ3v) is 6.87. The van der Waals surface area contributed by atoms with E-state index >= 15 is 0 Å². The Morgan fingerprint density at radius 2 is 1.85 bits per heavy atom. The first-order valence-corrected chi connectivity index (χ1v) is 9.11. The second-order valence-corrected chi connectivity index (χ2v) is 8.50. The minimum atomic E-state index is -4.38. The molecule has 9 heteroatoms. The van der Waals surface area contributed by atoms with Crippen molar-refractivity contribution in [3.8, 4) is 0 Å². The minimum absolute atomic E-state index is 0.145. The fraction of sp³-hybridized carbons (Fsp3) is 0.909. The third kappa shape index (κ3) is 3.21. The van der Waals surface area contributed by atoms with Crippen molar-refractivity contribution in [3.05, 3.63) is 0 Å². The fourth-order valence-corrected chi connectivity index (χ4v) is 5.57. The van der Waals surface area contributed by atoms with Crippen molar-refractivity contribution in [3.63, 3.8) is 0 Å². The standard InChI is InChI=1S/C11H18O7S2/c12-11(13)7-3-6-1-2-8(19(14)15)5-9(6)10(4-7)20(16,17)18/h6-10H,1-5H2,(H,12,13)(H,14,15)(H,16,17,18)/p-1. The number of carbonyl (C=O) groups is 1. The van der Waals surface area contributed by atoms with Crippen LogP contribution >= 0.6 is 0 Å². The highest BCUT2D eigenvalue weighted by Gasteiger charge is 2.48. The van der Waals surface area contributed by atoms with Crippen LogP contribution in [0.25, 0.3) is 0 Å². The van der Waals surface area contributed by atoms with Gasteiger partial charge in [0.2, 0.25) is 0 Å². The Balaban J connectivity index is 2.26. The zero-order valence-electron chi connectivity index (χ0n) is 10.7. The summed E-state index contributed by atoms with van der Waals surface area (Å²) in [6.45, 7) is 0. The van der Waals surface area contributed by atoms with E-state index in [0.717, 1.165) is 0 Å². The number of carboxylic acid groups (broad SMARTS) is 1. The Kier molecular flexibility index (Phi) is 4.53. The maximum atomic E-state index is 11.5. The molecule has 0 aromatic rings. The van der Waals surface area contributed by atoms with Crippen LogP contribution in [-0.2, 0) is 26.0 Å². The monoisotopic (exact) mass is 325 g/mol. The lowest BCUT2D eigenvalue weighted by atomic mass is 9.67. The van der Waals surface area contributed by atoms with E-state index in [0.29, 0.717) is 19.3 Å². The third-order valence-electron chi connectivity index (χ3n) is 4.59. The van der Waals surface area contributed by atoms with Gasteiger partial charge in [0, 0.05) is 5.25 Å². The van der Waals surface area contributed by atoms with Crippen LogP contribution < -0.4 is 0 Å². The van der Waals surface area contributed by atoms with E-state index < -0.39 is 49.5 Å². The summed E-state index contributed by atoms with van der Waals surface area (Å²) in [6, 6.07) is 0. The second kappa shape index (κ2) is 5.70. The highest BCUT2D eigenvalue weighted by Crippen LogP contribution is 2.46. The molecule has 2 aliphatic rings. The van der Waals surface area contributed by atoms with E-state index in [4.69, 9.17) is 5.11 Å². The van der Waals surface area contributed by atoms with Gasteiger partial charge in [0.05, 0.1) is 11.2 Å². The lowest BCUT2D eigenvalue weighted by Crippen LogP contribution is -2.47. The Bertz CT molecular complexity index is 515. The van der Waals surface area contributed by atoms with Crippen LogP contribution in [0.5, 0.6) is 0 Å². The van der Waals surface area contributed by atoms with Gasteiger partial charge in [-0.1, -0.05) is 11.1 Å². The SMILES string of the molecule is O=C(O)C1CC2CCC(S(=O)[O-])CC2C(S(=O)(=O)O)C1. The summed E-state index contributed by atoms with van der Waals surface area (Å²) >= 11 is -2.27. The zero-order chi connectivity index (χ0) is 15.1. The number of fused-ring (bicyclic) bond motifs is 1. The van der Waals surface area contributed by atoms with Crippen molar-refractivity contribution < 1.29 is 31.6 Å². The summed E-state index contributed by atoms with van der Waals surface area (Å²) in [6.07, 6.45) is 1.29. The molecule has 0 radical (unpaired) electrons. The van der Waals surface area contributed by atoms with Crippen LogP contribution in [0.4, 0.5) is 0 Å². The highest BCUT2D eigenvalue weighted by molar-refractivity contribution is 7.86. The summed E-state index contributed by atoms with van der Waals surface area (Å²) in [5, 5.41) is 7.30. The molecule has 0 spiro atoms. The maximum absolute atomic E-state index is 11.5. The summed E-state index contributed by atoms with van der Waals surface area (Å²) in [7, 11) is -4.38. The van der Waals surface area contributed by atoms with Crippen molar-refractivity contribution in [2.24, 2.45) is 17.8 Å². The largest absolute Gasteiger partial charge is 0.772 e. The molecule has 0 bridgehead atoms. The van der Waals surface area contributed by atoms with E-state index in [2.05, 4.69) is 0 Å². The first kappa shape index (κ1) is 15.9. The molecule has 0 heterocycles. The van der Waals surface area contributed by atoms with Crippen LogP contribution in [0.2, 0.25) is 0 Å². The minimum Gasteiger partial charge on any atom is -0.772 e. The molecule has 2 N–H and O–H groups in total. The predicted octanol–water partition coefficient (Wildman–Crippen LogP) is 0.401. The van der Waals surface area contributed by atoms with Crippen LogP contribution in [0.15, 0.2) is 0 Å². The molecular formula is C11H17O7S2-. The van der Waals surface area contributed by atoms with Gasteiger partial charge in [0.15, 0.2) is 0 Å². The average Bonchev–Trinajstić information content (AvgIpc) is 2.35. The number of carboxylic acids is 1. The fourth-order valence-electron chi connectivity index (χ4n) is 3.61. The molecule has 6 atom stereocenters. The summed E-state index contributed by atoms with van der Waals surface area (Å²) < 4.78 is 54.4. The van der Waals surface area contributed by atoms with E-state index in [1.807, 2.05) is 0 Å². The molecule has 2 fully saturated rings. The molecular weight excluding hydrogens is 308 g/mol. The van der Waals surface area contributed by atoms with Gasteiger partial charge in [-0.25, -0.2) is 0 Å². The van der Waals surface area contributed by atoms with Gasteiger partial charge >= 0.3 is 5.97 Å². The first-order chi connectivity index (χ1) is 9.20. The average molecular weight is 325 g/mol. The molecule has 6 unspecified atom stereocenters. The molecule has 116 valence electrons. The Morgan fingerprint density at radius 3 is 2.35 bits per heavy atom. The normalized spacial score (nSPS) is 39.8. The molecule has 0 aromatic heterocycles. The molecule has 0 saturated heterocycles. The summed E-state index contributed by atoms with van der Waals surface area (Å²) in [5.74, 6) is -2.49. The molecule has 0 aliphatic heterocycles. The number of hydrogen-bond donors (Lipinski definition) is 2. The molecule has 2 saturated carbocycles. The molecule has 0 amide bonds. The Morgan fingerprint density at radius 1 is 1.20 bits per heavy atom. The van der Waals surface area contributed by atoms with E-state index in [1.165, 1.54) is 0 Å². The molecule has 0 aromatic carbocycles. The quantitative estimate of drug-likeness (QED) is 0.567. The van der Waals surface area contributed by atoms with E-state index in [1.54, 1.807) is 0 Å². The van der Waals surface area contributed by atoms with Crippen LogP contribution in [0, 0.1) is 17.8 Å². The van der Waals surface area contributed by atoms with Gasteiger partial charge in [0.1, 0.15) is 0 Å².